The van der Waals surface area contributed by atoms with Crippen molar-refractivity contribution in [3.63, 3.8) is 0 Å². The maximum Gasteiger partial charge on any atom is 0.331 e. The molecule has 2 fully saturated rings. The van der Waals surface area contributed by atoms with E-state index in [2.05, 4.69) is 20.8 Å². The predicted octanol–water partition coefficient (Wildman–Crippen LogP) is 4.94. The molecular formula is C24H34O4. The lowest BCUT2D eigenvalue weighted by Gasteiger charge is -2.57. The number of benzene rings is 1. The molecule has 0 heterocycles. The van der Waals surface area contributed by atoms with Crippen molar-refractivity contribution in [3.8, 4) is 5.75 Å². The van der Waals surface area contributed by atoms with E-state index in [-0.39, 0.29) is 35.1 Å². The Balaban J connectivity index is 1.82. The number of fused-ring (bicyclic) bond motifs is 1. The molecule has 0 bridgehead atoms. The fraction of sp³-hybridized carbons (Fsp3) is 0.625. The Labute approximate surface area is 168 Å². The van der Waals surface area contributed by atoms with Crippen LogP contribution in [0.25, 0.3) is 6.08 Å². The van der Waals surface area contributed by atoms with E-state index in [4.69, 9.17) is 4.74 Å². The summed E-state index contributed by atoms with van der Waals surface area (Å²) in [7, 11) is 0. The first kappa shape index (κ1) is 20.9. The van der Waals surface area contributed by atoms with Crippen molar-refractivity contribution >= 4 is 12.0 Å². The normalized spacial score (nSPS) is 35.7. The van der Waals surface area contributed by atoms with Crippen LogP contribution in [0.3, 0.4) is 0 Å². The molecule has 0 spiro atoms. The average molecular weight is 387 g/mol. The van der Waals surface area contributed by atoms with Gasteiger partial charge >= 0.3 is 5.97 Å². The molecule has 5 atom stereocenters. The van der Waals surface area contributed by atoms with Crippen LogP contribution >= 0.6 is 0 Å². The number of aliphatic hydroxyl groups is 1. The molecule has 2 aliphatic rings. The molecule has 0 aromatic heterocycles. The molecule has 0 saturated heterocycles. The van der Waals surface area contributed by atoms with Gasteiger partial charge in [-0.25, -0.2) is 4.79 Å². The first-order chi connectivity index (χ1) is 13.1. The maximum atomic E-state index is 12.7. The van der Waals surface area contributed by atoms with E-state index in [1.165, 1.54) is 6.08 Å². The lowest BCUT2D eigenvalue weighted by atomic mass is 9.51. The topological polar surface area (TPSA) is 66.8 Å². The largest absolute Gasteiger partial charge is 0.508 e. The molecule has 3 rings (SSSR count). The van der Waals surface area contributed by atoms with Crippen LogP contribution in [0, 0.1) is 23.2 Å². The third-order valence-corrected chi connectivity index (χ3v) is 7.06. The van der Waals surface area contributed by atoms with E-state index < -0.39 is 5.60 Å². The second kappa shape index (κ2) is 7.90. The highest BCUT2D eigenvalue weighted by Crippen LogP contribution is 2.57. The minimum absolute atomic E-state index is 0.0127. The van der Waals surface area contributed by atoms with Crippen LogP contribution in [0.5, 0.6) is 5.75 Å². The van der Waals surface area contributed by atoms with Crippen molar-refractivity contribution < 1.29 is 19.7 Å². The molecule has 0 unspecified atom stereocenters. The molecule has 154 valence electrons. The number of hydrogen-bond donors (Lipinski definition) is 2. The van der Waals surface area contributed by atoms with E-state index in [1.54, 1.807) is 30.3 Å². The van der Waals surface area contributed by atoms with Crippen LogP contribution in [0.15, 0.2) is 30.3 Å². The van der Waals surface area contributed by atoms with Crippen molar-refractivity contribution in [1.82, 2.24) is 0 Å². The molecule has 2 aliphatic carbocycles. The van der Waals surface area contributed by atoms with E-state index in [0.717, 1.165) is 37.7 Å². The van der Waals surface area contributed by atoms with Crippen molar-refractivity contribution in [3.05, 3.63) is 35.9 Å². The number of rotatable bonds is 4. The van der Waals surface area contributed by atoms with E-state index >= 15 is 0 Å². The van der Waals surface area contributed by atoms with Crippen LogP contribution in [0.1, 0.15) is 65.4 Å². The van der Waals surface area contributed by atoms with Crippen molar-refractivity contribution in [2.24, 2.45) is 23.2 Å². The number of aromatic hydroxyl groups is 1. The summed E-state index contributed by atoms with van der Waals surface area (Å²) in [5, 5.41) is 20.6. The highest BCUT2D eigenvalue weighted by molar-refractivity contribution is 5.87. The standard InChI is InChI=1S/C24H34O4/c1-16(2)19-12-15-23(3)13-5-14-24(4,27)22(23)21(19)28-20(26)11-8-17-6-9-18(25)10-7-17/h6-11,16,19,21-22,25,27H,5,12-15H2,1-4H3/b11-8-/t19-,21+,22+,23+,24+/m0/s1. The third-order valence-electron chi connectivity index (χ3n) is 7.06. The number of carbonyl (C=O) groups is 1. The fourth-order valence-electron chi connectivity index (χ4n) is 5.64. The molecule has 1 aromatic rings. The Hall–Kier alpha value is -1.81. The van der Waals surface area contributed by atoms with Crippen LogP contribution in [-0.2, 0) is 9.53 Å². The van der Waals surface area contributed by atoms with Gasteiger partial charge in [-0.3, -0.25) is 0 Å². The molecule has 2 saturated carbocycles. The summed E-state index contributed by atoms with van der Waals surface area (Å²) in [4.78, 5) is 12.7. The Kier molecular flexibility index (Phi) is 5.90. The quantitative estimate of drug-likeness (QED) is 0.568. The Morgan fingerprint density at radius 1 is 1.18 bits per heavy atom. The molecule has 28 heavy (non-hydrogen) atoms. The maximum absolute atomic E-state index is 12.7. The second-order valence-electron chi connectivity index (χ2n) is 9.62. The van der Waals surface area contributed by atoms with Gasteiger partial charge in [-0.1, -0.05) is 39.3 Å². The number of hydrogen-bond acceptors (Lipinski definition) is 4. The highest BCUT2D eigenvalue weighted by Gasteiger charge is 2.57. The monoisotopic (exact) mass is 386 g/mol. The zero-order valence-electron chi connectivity index (χ0n) is 17.5. The first-order valence-electron chi connectivity index (χ1n) is 10.5. The molecule has 0 amide bonds. The van der Waals surface area contributed by atoms with Gasteiger partial charge in [-0.05, 0) is 73.6 Å². The summed E-state index contributed by atoms with van der Waals surface area (Å²) < 4.78 is 6.05. The summed E-state index contributed by atoms with van der Waals surface area (Å²) in [6.45, 7) is 8.54. The lowest BCUT2D eigenvalue weighted by molar-refractivity contribution is -0.201. The number of phenols is 1. The van der Waals surface area contributed by atoms with Gasteiger partial charge in [0.25, 0.3) is 0 Å². The van der Waals surface area contributed by atoms with Gasteiger partial charge in [0.05, 0.1) is 5.60 Å². The Bertz CT molecular complexity index is 719. The summed E-state index contributed by atoms with van der Waals surface area (Å²) in [5.74, 6) is 0.436. The Morgan fingerprint density at radius 2 is 1.86 bits per heavy atom. The van der Waals surface area contributed by atoms with Gasteiger partial charge in [-0.2, -0.15) is 0 Å². The van der Waals surface area contributed by atoms with Crippen molar-refractivity contribution in [2.75, 3.05) is 0 Å². The zero-order valence-corrected chi connectivity index (χ0v) is 17.5. The SMILES string of the molecule is CC(C)[C@@H]1CC[C@@]2(C)CCC[C@@](C)(O)[C@@H]2[C@@H]1OC(=O)/C=C\c1ccc(O)cc1. The van der Waals surface area contributed by atoms with E-state index in [9.17, 15) is 15.0 Å². The zero-order chi connectivity index (χ0) is 20.5. The van der Waals surface area contributed by atoms with Crippen molar-refractivity contribution in [2.45, 2.75) is 71.5 Å². The summed E-state index contributed by atoms with van der Waals surface area (Å²) in [6.07, 6.45) is 7.85. The summed E-state index contributed by atoms with van der Waals surface area (Å²) in [6, 6.07) is 6.68. The number of esters is 1. The van der Waals surface area contributed by atoms with Crippen molar-refractivity contribution in [1.29, 1.82) is 0 Å². The van der Waals surface area contributed by atoms with Gasteiger partial charge in [0.15, 0.2) is 0 Å². The van der Waals surface area contributed by atoms with E-state index in [0.29, 0.717) is 5.92 Å². The molecule has 4 heteroatoms. The van der Waals surface area contributed by atoms with Crippen LogP contribution in [0.2, 0.25) is 0 Å². The van der Waals surface area contributed by atoms with Gasteiger partial charge in [0, 0.05) is 12.0 Å². The lowest BCUT2D eigenvalue weighted by Crippen LogP contribution is -2.59. The molecule has 2 N–H and O–H groups in total. The molecule has 1 aromatic carbocycles. The fourth-order valence-corrected chi connectivity index (χ4v) is 5.64. The van der Waals surface area contributed by atoms with Gasteiger partial charge in [0.1, 0.15) is 11.9 Å². The van der Waals surface area contributed by atoms with Gasteiger partial charge in [0.2, 0.25) is 0 Å². The van der Waals surface area contributed by atoms with E-state index in [1.807, 2.05) is 6.92 Å². The Morgan fingerprint density at radius 3 is 2.50 bits per heavy atom. The number of phenolic OH excluding ortho intramolecular Hbond substituents is 1. The summed E-state index contributed by atoms with van der Waals surface area (Å²) >= 11 is 0. The predicted molar refractivity (Wildman–Crippen MR) is 111 cm³/mol. The minimum Gasteiger partial charge on any atom is -0.508 e. The molecule has 0 aliphatic heterocycles. The van der Waals surface area contributed by atoms with Gasteiger partial charge in [-0.15, -0.1) is 0 Å². The van der Waals surface area contributed by atoms with Crippen LogP contribution < -0.4 is 0 Å². The summed E-state index contributed by atoms with van der Waals surface area (Å²) in [5.41, 5.74) is 0.0265. The molecule has 0 radical (unpaired) electrons. The molecule has 4 nitrogen and oxygen atoms in total. The smallest absolute Gasteiger partial charge is 0.331 e. The van der Waals surface area contributed by atoms with Gasteiger partial charge < -0.3 is 14.9 Å². The number of ether oxygens (including phenoxy) is 1. The average Bonchev–Trinajstić information content (AvgIpc) is 2.60. The molecular weight excluding hydrogens is 352 g/mol. The second-order valence-corrected chi connectivity index (χ2v) is 9.62. The van der Waals surface area contributed by atoms with Crippen LogP contribution in [-0.4, -0.2) is 27.9 Å². The minimum atomic E-state index is -0.813. The number of carbonyl (C=O) groups excluding carboxylic acids is 1. The van der Waals surface area contributed by atoms with Crippen LogP contribution in [0.4, 0.5) is 0 Å². The third kappa shape index (κ3) is 4.27. The first-order valence-corrected chi connectivity index (χ1v) is 10.5. The highest BCUT2D eigenvalue weighted by atomic mass is 16.5.